The van der Waals surface area contributed by atoms with Gasteiger partial charge in [0.2, 0.25) is 11.7 Å². The van der Waals surface area contributed by atoms with Crippen molar-refractivity contribution in [2.45, 2.75) is 37.0 Å². The zero-order valence-corrected chi connectivity index (χ0v) is 26.6. The standard InChI is InChI=1S/C33H37Cl2N3O6/c1-41-27-18-22(19-28(42-2)29(27)43-3)30(39)38-20-24(44-31(38)21-9-10-25(34)26(35)17-21)11-14-37-15-12-33(13-16-37,32(36)40)23-7-5-4-6-8-23/h4-10,17-19,24,31H,11-16,20H2,1-3H3,(H2,36,40). The number of nitrogens with zero attached hydrogens (tertiary/aromatic N) is 2. The Bertz CT molecular complexity index is 1470. The second-order valence-electron chi connectivity index (χ2n) is 11.1. The molecule has 44 heavy (non-hydrogen) atoms. The predicted molar refractivity (Wildman–Crippen MR) is 169 cm³/mol. The highest BCUT2D eigenvalue weighted by Gasteiger charge is 2.42. The molecule has 0 radical (unpaired) electrons. The van der Waals surface area contributed by atoms with Gasteiger partial charge < -0.3 is 34.5 Å². The summed E-state index contributed by atoms with van der Waals surface area (Å²) in [6.45, 7) is 2.57. The van der Waals surface area contributed by atoms with Crippen LogP contribution in [0.2, 0.25) is 10.0 Å². The van der Waals surface area contributed by atoms with E-state index in [9.17, 15) is 9.59 Å². The first-order valence-electron chi connectivity index (χ1n) is 14.5. The fourth-order valence-corrected chi connectivity index (χ4v) is 6.48. The predicted octanol–water partition coefficient (Wildman–Crippen LogP) is 5.47. The van der Waals surface area contributed by atoms with Gasteiger partial charge in [0.15, 0.2) is 17.7 Å². The highest BCUT2D eigenvalue weighted by atomic mass is 35.5. The highest BCUT2D eigenvalue weighted by Crippen LogP contribution is 2.41. The van der Waals surface area contributed by atoms with Crippen molar-refractivity contribution < 1.29 is 28.5 Å². The van der Waals surface area contributed by atoms with Gasteiger partial charge in [-0.05, 0) is 62.2 Å². The number of hydrogen-bond acceptors (Lipinski definition) is 7. The molecule has 3 aromatic rings. The minimum atomic E-state index is -0.677. The molecule has 5 rings (SSSR count). The van der Waals surface area contributed by atoms with Crippen molar-refractivity contribution in [3.05, 3.63) is 87.4 Å². The minimum Gasteiger partial charge on any atom is -0.493 e. The quantitative estimate of drug-likeness (QED) is 0.313. The van der Waals surface area contributed by atoms with Crippen LogP contribution in [-0.2, 0) is 14.9 Å². The third-order valence-electron chi connectivity index (χ3n) is 8.68. The van der Waals surface area contributed by atoms with E-state index in [-0.39, 0.29) is 17.9 Å². The average molecular weight is 643 g/mol. The first-order chi connectivity index (χ1) is 21.2. The van der Waals surface area contributed by atoms with Crippen molar-refractivity contribution in [1.29, 1.82) is 0 Å². The van der Waals surface area contributed by atoms with E-state index in [0.717, 1.165) is 30.8 Å². The number of primary amides is 1. The molecule has 2 heterocycles. The third kappa shape index (κ3) is 6.33. The fraction of sp³-hybridized carbons (Fsp3) is 0.394. The van der Waals surface area contributed by atoms with Crippen LogP contribution in [0.25, 0.3) is 0 Å². The van der Waals surface area contributed by atoms with Crippen LogP contribution in [0.1, 0.15) is 47.0 Å². The van der Waals surface area contributed by atoms with E-state index >= 15 is 0 Å². The lowest BCUT2D eigenvalue weighted by atomic mass is 9.72. The van der Waals surface area contributed by atoms with Crippen LogP contribution in [0.3, 0.4) is 0 Å². The maximum Gasteiger partial charge on any atom is 0.256 e. The van der Waals surface area contributed by atoms with Crippen molar-refractivity contribution in [2.24, 2.45) is 5.73 Å². The molecule has 0 saturated carbocycles. The number of amides is 2. The molecule has 2 atom stereocenters. The molecule has 0 spiro atoms. The van der Waals surface area contributed by atoms with E-state index in [1.54, 1.807) is 29.2 Å². The number of hydrogen-bond donors (Lipinski definition) is 1. The SMILES string of the molecule is COc1cc(C(=O)N2CC(CCN3CCC(C(N)=O)(c4ccccc4)CC3)OC2c2ccc(Cl)c(Cl)c2)cc(OC)c1OC. The Labute approximate surface area is 267 Å². The number of benzene rings is 3. The van der Waals surface area contributed by atoms with Crippen LogP contribution in [0.5, 0.6) is 17.2 Å². The number of piperidine rings is 1. The normalized spacial score (nSPS) is 19.9. The highest BCUT2D eigenvalue weighted by molar-refractivity contribution is 6.42. The van der Waals surface area contributed by atoms with E-state index in [0.29, 0.717) is 58.7 Å². The molecule has 2 amide bonds. The Morgan fingerprint density at radius 2 is 1.59 bits per heavy atom. The molecule has 2 fully saturated rings. The molecule has 9 nitrogen and oxygen atoms in total. The molecular formula is C33H37Cl2N3O6. The van der Waals surface area contributed by atoms with E-state index in [2.05, 4.69) is 4.90 Å². The second kappa shape index (κ2) is 13.6. The summed E-state index contributed by atoms with van der Waals surface area (Å²) in [6, 6.07) is 18.3. The van der Waals surface area contributed by atoms with Crippen LogP contribution in [-0.4, -0.2) is 75.2 Å². The van der Waals surface area contributed by atoms with Crippen LogP contribution in [0.15, 0.2) is 60.7 Å². The van der Waals surface area contributed by atoms with Gasteiger partial charge in [-0.25, -0.2) is 0 Å². The van der Waals surface area contributed by atoms with E-state index in [1.165, 1.54) is 21.3 Å². The Morgan fingerprint density at radius 3 is 2.16 bits per heavy atom. The Kier molecular flexibility index (Phi) is 9.90. The average Bonchev–Trinajstić information content (AvgIpc) is 3.48. The van der Waals surface area contributed by atoms with Gasteiger partial charge in [0, 0.05) is 17.7 Å². The number of rotatable bonds is 10. The summed E-state index contributed by atoms with van der Waals surface area (Å²) >= 11 is 12.6. The van der Waals surface area contributed by atoms with E-state index in [1.807, 2.05) is 36.4 Å². The van der Waals surface area contributed by atoms with Gasteiger partial charge in [-0.15, -0.1) is 0 Å². The summed E-state index contributed by atoms with van der Waals surface area (Å²) < 4.78 is 22.9. The maximum atomic E-state index is 14.0. The van der Waals surface area contributed by atoms with Gasteiger partial charge in [0.05, 0.1) is 49.4 Å². The largest absolute Gasteiger partial charge is 0.493 e. The lowest BCUT2D eigenvalue weighted by Crippen LogP contribution is -2.50. The Hall–Kier alpha value is -3.50. The zero-order valence-electron chi connectivity index (χ0n) is 25.1. The number of halogens is 2. The van der Waals surface area contributed by atoms with Gasteiger partial charge in [-0.1, -0.05) is 59.6 Å². The molecule has 0 aliphatic carbocycles. The Morgan fingerprint density at radius 1 is 0.932 bits per heavy atom. The Balaban J connectivity index is 1.33. The lowest BCUT2D eigenvalue weighted by Gasteiger charge is -2.40. The molecule has 2 saturated heterocycles. The smallest absolute Gasteiger partial charge is 0.256 e. The van der Waals surface area contributed by atoms with Gasteiger partial charge in [0.1, 0.15) is 0 Å². The molecule has 11 heteroatoms. The summed E-state index contributed by atoms with van der Waals surface area (Å²) in [6.07, 6.45) is 1.07. The van der Waals surface area contributed by atoms with Crippen molar-refractivity contribution in [3.8, 4) is 17.2 Å². The van der Waals surface area contributed by atoms with Crippen molar-refractivity contribution >= 4 is 35.0 Å². The van der Waals surface area contributed by atoms with Gasteiger partial charge in [-0.2, -0.15) is 0 Å². The molecule has 3 aromatic carbocycles. The van der Waals surface area contributed by atoms with Crippen LogP contribution < -0.4 is 19.9 Å². The zero-order chi connectivity index (χ0) is 31.4. The lowest BCUT2D eigenvalue weighted by molar-refractivity contribution is -0.125. The molecule has 2 N–H and O–H groups in total. The van der Waals surface area contributed by atoms with Crippen molar-refractivity contribution in [3.63, 3.8) is 0 Å². The molecule has 2 aliphatic rings. The van der Waals surface area contributed by atoms with Gasteiger partial charge in [0.25, 0.3) is 5.91 Å². The molecule has 2 aliphatic heterocycles. The van der Waals surface area contributed by atoms with Crippen LogP contribution in [0.4, 0.5) is 0 Å². The first kappa shape index (κ1) is 31.9. The van der Waals surface area contributed by atoms with E-state index < -0.39 is 11.6 Å². The summed E-state index contributed by atoms with van der Waals surface area (Å²) in [5.41, 5.74) is 7.33. The minimum absolute atomic E-state index is 0.239. The topological polar surface area (TPSA) is 104 Å². The number of nitrogens with two attached hydrogens (primary N) is 1. The van der Waals surface area contributed by atoms with Gasteiger partial charge in [-0.3, -0.25) is 9.59 Å². The number of carbonyl (C=O) groups is 2. The second-order valence-corrected chi connectivity index (χ2v) is 11.9. The number of methoxy groups -OCH3 is 3. The molecule has 234 valence electrons. The van der Waals surface area contributed by atoms with Crippen molar-refractivity contribution in [1.82, 2.24) is 9.80 Å². The molecular weight excluding hydrogens is 605 g/mol. The summed E-state index contributed by atoms with van der Waals surface area (Å²) in [5.74, 6) is 0.622. The third-order valence-corrected chi connectivity index (χ3v) is 9.42. The fourth-order valence-electron chi connectivity index (χ4n) is 6.18. The van der Waals surface area contributed by atoms with Crippen LogP contribution in [0, 0.1) is 0 Å². The van der Waals surface area contributed by atoms with E-state index in [4.69, 9.17) is 47.9 Å². The van der Waals surface area contributed by atoms with Crippen LogP contribution >= 0.6 is 23.2 Å². The van der Waals surface area contributed by atoms with Gasteiger partial charge >= 0.3 is 0 Å². The first-order valence-corrected chi connectivity index (χ1v) is 15.3. The summed E-state index contributed by atoms with van der Waals surface area (Å²) in [7, 11) is 4.53. The summed E-state index contributed by atoms with van der Waals surface area (Å²) in [4.78, 5) is 30.6. The summed E-state index contributed by atoms with van der Waals surface area (Å²) in [5, 5.41) is 0.793. The maximum absolute atomic E-state index is 14.0. The monoisotopic (exact) mass is 641 g/mol. The number of likely N-dealkylation sites (tertiary alicyclic amines) is 1. The molecule has 0 aromatic heterocycles. The molecule has 2 unspecified atom stereocenters. The van der Waals surface area contributed by atoms with Crippen molar-refractivity contribution in [2.75, 3.05) is 47.5 Å². The molecule has 0 bridgehead atoms. The number of carbonyl (C=O) groups excluding carboxylic acids is 2. The number of ether oxygens (including phenoxy) is 4.